The molecule has 0 aliphatic carbocycles. The first-order chi connectivity index (χ1) is 8.13. The summed E-state index contributed by atoms with van der Waals surface area (Å²) in [6.45, 7) is 2.32. The summed E-state index contributed by atoms with van der Waals surface area (Å²) >= 11 is 0. The number of rotatable bonds is 3. The maximum atomic E-state index is 13.6. The molecule has 0 bridgehead atoms. The van der Waals surface area contributed by atoms with Crippen molar-refractivity contribution in [2.24, 2.45) is 5.73 Å². The molecule has 1 aromatic heterocycles. The molecule has 2 nitrogen and oxygen atoms in total. The Bertz CT molecular complexity index is 553. The van der Waals surface area contributed by atoms with E-state index in [4.69, 9.17) is 5.73 Å². The molecule has 90 valence electrons. The molecule has 2 aromatic rings. The van der Waals surface area contributed by atoms with Gasteiger partial charge in [0.25, 0.3) is 0 Å². The number of hydrogen-bond acceptors (Lipinski definition) is 2. The molecule has 0 aliphatic heterocycles. The summed E-state index contributed by atoms with van der Waals surface area (Å²) in [4.78, 5) is 4.16. The van der Waals surface area contributed by atoms with Crippen LogP contribution in [0.5, 0.6) is 0 Å². The standard InChI is InChI=1S/C13H14F2N2/c1-8-7-9(3-2-6-16)17-13-11(15)5-4-10(14)12(8)13/h4-5,7H,2-3,6,16H2,1H3. The maximum absolute atomic E-state index is 13.6. The minimum atomic E-state index is -0.487. The van der Waals surface area contributed by atoms with Gasteiger partial charge in [-0.1, -0.05) is 0 Å². The maximum Gasteiger partial charge on any atom is 0.149 e. The third-order valence-electron chi connectivity index (χ3n) is 2.75. The van der Waals surface area contributed by atoms with E-state index in [2.05, 4.69) is 4.98 Å². The first-order valence-corrected chi connectivity index (χ1v) is 5.58. The Kier molecular flexibility index (Phi) is 3.33. The van der Waals surface area contributed by atoms with Crippen molar-refractivity contribution in [1.82, 2.24) is 4.98 Å². The summed E-state index contributed by atoms with van der Waals surface area (Å²) in [6, 6.07) is 4.03. The van der Waals surface area contributed by atoms with Gasteiger partial charge >= 0.3 is 0 Å². The molecule has 0 fully saturated rings. The van der Waals surface area contributed by atoms with Crippen LogP contribution in [0.15, 0.2) is 18.2 Å². The molecule has 0 radical (unpaired) electrons. The summed E-state index contributed by atoms with van der Waals surface area (Å²) in [6.07, 6.45) is 1.47. The molecule has 1 heterocycles. The Morgan fingerprint density at radius 2 is 1.94 bits per heavy atom. The van der Waals surface area contributed by atoms with Gasteiger partial charge in [0.2, 0.25) is 0 Å². The molecule has 0 aliphatic rings. The molecular formula is C13H14F2N2. The van der Waals surface area contributed by atoms with Crippen LogP contribution in [0.4, 0.5) is 8.78 Å². The first kappa shape index (κ1) is 11.9. The van der Waals surface area contributed by atoms with Crippen LogP contribution in [0.2, 0.25) is 0 Å². The van der Waals surface area contributed by atoms with Gasteiger partial charge in [0.15, 0.2) is 0 Å². The Hall–Kier alpha value is -1.55. The molecule has 2 N–H and O–H groups in total. The van der Waals surface area contributed by atoms with Gasteiger partial charge in [-0.05, 0) is 50.1 Å². The minimum Gasteiger partial charge on any atom is -0.330 e. The zero-order valence-corrected chi connectivity index (χ0v) is 9.63. The quantitative estimate of drug-likeness (QED) is 0.889. The zero-order valence-electron chi connectivity index (χ0n) is 9.63. The van der Waals surface area contributed by atoms with Crippen molar-refractivity contribution >= 4 is 10.9 Å². The lowest BCUT2D eigenvalue weighted by Gasteiger charge is -2.07. The number of hydrogen-bond donors (Lipinski definition) is 1. The zero-order chi connectivity index (χ0) is 12.4. The number of nitrogens with two attached hydrogens (primary N) is 1. The highest BCUT2D eigenvalue weighted by Gasteiger charge is 2.11. The van der Waals surface area contributed by atoms with E-state index >= 15 is 0 Å². The fourth-order valence-corrected chi connectivity index (χ4v) is 1.93. The molecule has 0 amide bonds. The Balaban J connectivity index is 2.60. The van der Waals surface area contributed by atoms with E-state index in [9.17, 15) is 8.78 Å². The van der Waals surface area contributed by atoms with Crippen LogP contribution in [0.3, 0.4) is 0 Å². The van der Waals surface area contributed by atoms with Gasteiger partial charge in [-0.25, -0.2) is 13.8 Å². The average molecular weight is 236 g/mol. The van der Waals surface area contributed by atoms with E-state index in [1.807, 2.05) is 0 Å². The van der Waals surface area contributed by atoms with Crippen LogP contribution in [-0.2, 0) is 6.42 Å². The lowest BCUT2D eigenvalue weighted by Crippen LogP contribution is -2.03. The van der Waals surface area contributed by atoms with E-state index in [0.717, 1.165) is 24.2 Å². The van der Waals surface area contributed by atoms with E-state index in [1.165, 1.54) is 0 Å². The largest absolute Gasteiger partial charge is 0.330 e. The van der Waals surface area contributed by atoms with E-state index in [0.29, 0.717) is 18.5 Å². The Labute approximate surface area is 98.5 Å². The highest BCUT2D eigenvalue weighted by Crippen LogP contribution is 2.23. The molecule has 2 rings (SSSR count). The van der Waals surface area contributed by atoms with Crippen LogP contribution >= 0.6 is 0 Å². The molecular weight excluding hydrogens is 222 g/mol. The number of halogens is 2. The van der Waals surface area contributed by atoms with Crippen molar-refractivity contribution in [1.29, 1.82) is 0 Å². The number of benzene rings is 1. The van der Waals surface area contributed by atoms with Crippen LogP contribution in [-0.4, -0.2) is 11.5 Å². The van der Waals surface area contributed by atoms with Crippen molar-refractivity contribution < 1.29 is 8.78 Å². The fourth-order valence-electron chi connectivity index (χ4n) is 1.93. The fraction of sp³-hybridized carbons (Fsp3) is 0.308. The van der Waals surface area contributed by atoms with Gasteiger partial charge in [0, 0.05) is 11.1 Å². The SMILES string of the molecule is Cc1cc(CCCN)nc2c(F)ccc(F)c12. The van der Waals surface area contributed by atoms with E-state index < -0.39 is 11.6 Å². The predicted molar refractivity (Wildman–Crippen MR) is 63.8 cm³/mol. The number of pyridine rings is 1. The highest BCUT2D eigenvalue weighted by atomic mass is 19.1. The minimum absolute atomic E-state index is 0.108. The molecule has 17 heavy (non-hydrogen) atoms. The number of aromatic nitrogens is 1. The second kappa shape index (κ2) is 4.75. The van der Waals surface area contributed by atoms with E-state index in [-0.39, 0.29) is 10.9 Å². The van der Waals surface area contributed by atoms with Crippen LogP contribution in [0, 0.1) is 18.6 Å². The third kappa shape index (κ3) is 2.26. The van der Waals surface area contributed by atoms with Crippen molar-refractivity contribution in [3.63, 3.8) is 0 Å². The monoisotopic (exact) mass is 236 g/mol. The van der Waals surface area contributed by atoms with Crippen LogP contribution in [0.25, 0.3) is 10.9 Å². The lowest BCUT2D eigenvalue weighted by atomic mass is 10.1. The second-order valence-corrected chi connectivity index (χ2v) is 4.08. The molecule has 4 heteroatoms. The molecule has 0 unspecified atom stereocenters. The molecule has 0 spiro atoms. The van der Waals surface area contributed by atoms with Crippen molar-refractivity contribution in [3.8, 4) is 0 Å². The smallest absolute Gasteiger partial charge is 0.149 e. The predicted octanol–water partition coefficient (Wildman–Crippen LogP) is 2.71. The van der Waals surface area contributed by atoms with Gasteiger partial charge in [-0.15, -0.1) is 0 Å². The van der Waals surface area contributed by atoms with Crippen molar-refractivity contribution in [3.05, 3.63) is 41.1 Å². The molecule has 0 saturated carbocycles. The second-order valence-electron chi connectivity index (χ2n) is 4.08. The Morgan fingerprint density at radius 3 is 2.65 bits per heavy atom. The lowest BCUT2D eigenvalue weighted by molar-refractivity contribution is 0.614. The van der Waals surface area contributed by atoms with Crippen LogP contribution in [0.1, 0.15) is 17.7 Å². The van der Waals surface area contributed by atoms with Gasteiger partial charge in [-0.2, -0.15) is 0 Å². The number of fused-ring (bicyclic) bond motifs is 1. The van der Waals surface area contributed by atoms with Gasteiger partial charge in [-0.3, -0.25) is 0 Å². The summed E-state index contributed by atoms with van der Waals surface area (Å²) in [5, 5.41) is 0.265. The molecule has 0 saturated heterocycles. The molecule has 0 atom stereocenters. The molecule has 1 aromatic carbocycles. The third-order valence-corrected chi connectivity index (χ3v) is 2.75. The summed E-state index contributed by atoms with van der Waals surface area (Å²) in [5.74, 6) is -0.920. The van der Waals surface area contributed by atoms with Gasteiger partial charge in [0.1, 0.15) is 17.2 Å². The average Bonchev–Trinajstić information content (AvgIpc) is 2.31. The van der Waals surface area contributed by atoms with Crippen molar-refractivity contribution in [2.45, 2.75) is 19.8 Å². The Morgan fingerprint density at radius 1 is 1.24 bits per heavy atom. The summed E-state index contributed by atoms with van der Waals surface area (Å²) < 4.78 is 27.2. The topological polar surface area (TPSA) is 38.9 Å². The summed E-state index contributed by atoms with van der Waals surface area (Å²) in [5.41, 5.74) is 6.99. The van der Waals surface area contributed by atoms with Gasteiger partial charge in [0.05, 0.1) is 0 Å². The highest BCUT2D eigenvalue weighted by molar-refractivity contribution is 5.83. The number of aryl methyl sites for hydroxylation is 2. The number of nitrogens with zero attached hydrogens (tertiary/aromatic N) is 1. The normalized spacial score (nSPS) is 11.1. The van der Waals surface area contributed by atoms with Gasteiger partial charge < -0.3 is 5.73 Å². The summed E-state index contributed by atoms with van der Waals surface area (Å²) in [7, 11) is 0. The van der Waals surface area contributed by atoms with Crippen LogP contribution < -0.4 is 5.73 Å². The van der Waals surface area contributed by atoms with Crippen molar-refractivity contribution in [2.75, 3.05) is 6.54 Å². The van der Waals surface area contributed by atoms with E-state index in [1.54, 1.807) is 13.0 Å². The first-order valence-electron chi connectivity index (χ1n) is 5.58.